The predicted octanol–water partition coefficient (Wildman–Crippen LogP) is 1.23. The molecule has 16 heavy (non-hydrogen) atoms. The third kappa shape index (κ3) is 2.11. The third-order valence-electron chi connectivity index (χ3n) is 2.61. The van der Waals surface area contributed by atoms with E-state index in [1.165, 1.54) is 12.4 Å². The zero-order valence-corrected chi connectivity index (χ0v) is 8.55. The molecule has 1 aliphatic rings. The highest BCUT2D eigenvalue weighted by Gasteiger charge is 2.36. The van der Waals surface area contributed by atoms with Crippen LogP contribution < -0.4 is 5.32 Å². The van der Waals surface area contributed by atoms with E-state index in [-0.39, 0.29) is 5.92 Å². The Bertz CT molecular complexity index is 449. The van der Waals surface area contributed by atoms with Crippen molar-refractivity contribution in [2.24, 2.45) is 5.92 Å². The molecule has 0 aliphatic heterocycles. The maximum Gasteiger partial charge on any atom is 0.326 e. The summed E-state index contributed by atoms with van der Waals surface area (Å²) >= 11 is 0. The molecule has 0 saturated heterocycles. The first kappa shape index (κ1) is 10.4. The molecule has 0 bridgehead atoms. The molecular weight excluding hydrogens is 206 g/mol. The molecule has 1 aromatic rings. The molecule has 1 aromatic heterocycles. The average Bonchev–Trinajstić information content (AvgIpc) is 3.10. The first-order valence-corrected chi connectivity index (χ1v) is 5.06. The van der Waals surface area contributed by atoms with Crippen molar-refractivity contribution >= 4 is 11.7 Å². The van der Waals surface area contributed by atoms with Crippen LogP contribution in [0.2, 0.25) is 0 Å². The van der Waals surface area contributed by atoms with Gasteiger partial charge < -0.3 is 10.4 Å². The first-order valence-electron chi connectivity index (χ1n) is 5.06. The van der Waals surface area contributed by atoms with E-state index in [9.17, 15) is 4.79 Å². The number of nitrogens with zero attached hydrogens (tertiary/aromatic N) is 2. The van der Waals surface area contributed by atoms with Crippen LogP contribution in [0.1, 0.15) is 18.4 Å². The summed E-state index contributed by atoms with van der Waals surface area (Å²) < 4.78 is 0. The molecule has 2 rings (SSSR count). The fraction of sp³-hybridized carbons (Fsp3) is 0.364. The number of carbonyl (C=O) groups is 1. The van der Waals surface area contributed by atoms with E-state index in [4.69, 9.17) is 10.4 Å². The Morgan fingerprint density at radius 2 is 2.44 bits per heavy atom. The van der Waals surface area contributed by atoms with E-state index in [0.717, 1.165) is 12.8 Å². The summed E-state index contributed by atoms with van der Waals surface area (Å²) in [5, 5.41) is 20.8. The van der Waals surface area contributed by atoms with Gasteiger partial charge in [-0.2, -0.15) is 5.26 Å². The molecule has 0 radical (unpaired) electrons. The second-order valence-corrected chi connectivity index (χ2v) is 3.83. The van der Waals surface area contributed by atoms with Crippen LogP contribution in [-0.4, -0.2) is 22.1 Å². The maximum atomic E-state index is 11.0. The number of anilines is 1. The highest BCUT2D eigenvalue weighted by atomic mass is 16.4. The van der Waals surface area contributed by atoms with Gasteiger partial charge in [-0.1, -0.05) is 0 Å². The van der Waals surface area contributed by atoms with Crippen LogP contribution in [0.3, 0.4) is 0 Å². The van der Waals surface area contributed by atoms with Gasteiger partial charge in [-0.3, -0.25) is 4.98 Å². The van der Waals surface area contributed by atoms with Gasteiger partial charge in [-0.25, -0.2) is 4.79 Å². The van der Waals surface area contributed by atoms with Gasteiger partial charge in [0.1, 0.15) is 12.1 Å². The number of rotatable bonds is 4. The van der Waals surface area contributed by atoms with Crippen molar-refractivity contribution in [2.75, 3.05) is 5.32 Å². The monoisotopic (exact) mass is 217 g/mol. The van der Waals surface area contributed by atoms with Crippen LogP contribution in [0.4, 0.5) is 5.69 Å². The Morgan fingerprint density at radius 3 is 3.00 bits per heavy atom. The Hall–Kier alpha value is -2.09. The second-order valence-electron chi connectivity index (χ2n) is 3.83. The molecule has 0 spiro atoms. The average molecular weight is 217 g/mol. The lowest BCUT2D eigenvalue weighted by molar-refractivity contribution is -0.138. The van der Waals surface area contributed by atoms with E-state index in [1.54, 1.807) is 6.07 Å². The van der Waals surface area contributed by atoms with Gasteiger partial charge >= 0.3 is 5.97 Å². The lowest BCUT2D eigenvalue weighted by Crippen LogP contribution is -2.31. The Morgan fingerprint density at radius 1 is 1.69 bits per heavy atom. The van der Waals surface area contributed by atoms with Gasteiger partial charge in [0.15, 0.2) is 0 Å². The van der Waals surface area contributed by atoms with Gasteiger partial charge in [0, 0.05) is 6.20 Å². The number of pyridine rings is 1. The SMILES string of the molecule is N#Cc1ccncc1NC(C(=O)O)C1CC1. The van der Waals surface area contributed by atoms with E-state index in [1.807, 2.05) is 6.07 Å². The molecule has 5 nitrogen and oxygen atoms in total. The number of hydrogen-bond acceptors (Lipinski definition) is 4. The molecule has 5 heteroatoms. The van der Waals surface area contributed by atoms with Crippen LogP contribution in [-0.2, 0) is 4.79 Å². The molecule has 1 saturated carbocycles. The number of nitriles is 1. The zero-order valence-electron chi connectivity index (χ0n) is 8.55. The van der Waals surface area contributed by atoms with Crippen LogP contribution in [0, 0.1) is 17.2 Å². The van der Waals surface area contributed by atoms with Crippen molar-refractivity contribution in [1.82, 2.24) is 4.98 Å². The van der Waals surface area contributed by atoms with Gasteiger partial charge in [0.2, 0.25) is 0 Å². The minimum Gasteiger partial charge on any atom is -0.480 e. The van der Waals surface area contributed by atoms with Crippen molar-refractivity contribution in [3.05, 3.63) is 24.0 Å². The summed E-state index contributed by atoms with van der Waals surface area (Å²) in [6.45, 7) is 0. The number of carboxylic acids is 1. The number of aromatic nitrogens is 1. The molecule has 0 amide bonds. The number of nitrogens with one attached hydrogen (secondary N) is 1. The Labute approximate surface area is 92.7 Å². The quantitative estimate of drug-likeness (QED) is 0.792. The summed E-state index contributed by atoms with van der Waals surface area (Å²) in [6, 6.07) is 2.95. The fourth-order valence-electron chi connectivity index (χ4n) is 1.59. The molecule has 0 aromatic carbocycles. The predicted molar refractivity (Wildman–Crippen MR) is 56.7 cm³/mol. The molecule has 1 unspecified atom stereocenters. The fourth-order valence-corrected chi connectivity index (χ4v) is 1.59. The zero-order chi connectivity index (χ0) is 11.5. The molecule has 1 atom stereocenters. The van der Waals surface area contributed by atoms with E-state index in [2.05, 4.69) is 10.3 Å². The van der Waals surface area contributed by atoms with Crippen molar-refractivity contribution in [3.8, 4) is 6.07 Å². The molecule has 1 fully saturated rings. The highest BCUT2D eigenvalue weighted by Crippen LogP contribution is 2.34. The normalized spacial score (nSPS) is 16.2. The molecule has 2 N–H and O–H groups in total. The largest absolute Gasteiger partial charge is 0.480 e. The van der Waals surface area contributed by atoms with Gasteiger partial charge in [-0.15, -0.1) is 0 Å². The summed E-state index contributed by atoms with van der Waals surface area (Å²) in [6.07, 6.45) is 4.84. The Kier molecular flexibility index (Phi) is 2.73. The minimum atomic E-state index is -0.879. The van der Waals surface area contributed by atoms with Gasteiger partial charge in [-0.05, 0) is 24.8 Å². The summed E-state index contributed by atoms with van der Waals surface area (Å²) in [5.74, 6) is -0.709. The highest BCUT2D eigenvalue weighted by molar-refractivity contribution is 5.79. The van der Waals surface area contributed by atoms with Crippen LogP contribution in [0.5, 0.6) is 0 Å². The smallest absolute Gasteiger partial charge is 0.326 e. The van der Waals surface area contributed by atoms with Crippen LogP contribution >= 0.6 is 0 Å². The van der Waals surface area contributed by atoms with Crippen molar-refractivity contribution < 1.29 is 9.90 Å². The molecule has 1 heterocycles. The van der Waals surface area contributed by atoms with Gasteiger partial charge in [0.25, 0.3) is 0 Å². The van der Waals surface area contributed by atoms with Crippen molar-refractivity contribution in [2.45, 2.75) is 18.9 Å². The molecular formula is C11H11N3O2. The van der Waals surface area contributed by atoms with Crippen LogP contribution in [0.25, 0.3) is 0 Å². The van der Waals surface area contributed by atoms with Crippen molar-refractivity contribution in [1.29, 1.82) is 5.26 Å². The van der Waals surface area contributed by atoms with E-state index < -0.39 is 12.0 Å². The number of hydrogen-bond donors (Lipinski definition) is 2. The standard InChI is InChI=1S/C11H11N3O2/c12-5-8-3-4-13-6-9(8)14-10(11(15)16)7-1-2-7/h3-4,6-7,10,14H,1-2H2,(H,15,16). The minimum absolute atomic E-state index is 0.171. The number of carboxylic acid groups (broad SMARTS) is 1. The Balaban J connectivity index is 2.18. The third-order valence-corrected chi connectivity index (χ3v) is 2.61. The van der Waals surface area contributed by atoms with Crippen molar-refractivity contribution in [3.63, 3.8) is 0 Å². The summed E-state index contributed by atoms with van der Waals surface area (Å²) in [4.78, 5) is 14.9. The summed E-state index contributed by atoms with van der Waals surface area (Å²) in [5.41, 5.74) is 0.909. The molecule has 1 aliphatic carbocycles. The lowest BCUT2D eigenvalue weighted by atomic mass is 10.1. The van der Waals surface area contributed by atoms with Crippen LogP contribution in [0.15, 0.2) is 18.5 Å². The molecule has 82 valence electrons. The number of aliphatic carboxylic acids is 1. The first-order chi connectivity index (χ1) is 7.72. The summed E-state index contributed by atoms with van der Waals surface area (Å²) in [7, 11) is 0. The second kappa shape index (κ2) is 4.19. The maximum absolute atomic E-state index is 11.0. The van der Waals surface area contributed by atoms with E-state index >= 15 is 0 Å². The topological polar surface area (TPSA) is 86.0 Å². The van der Waals surface area contributed by atoms with E-state index in [0.29, 0.717) is 11.3 Å². The van der Waals surface area contributed by atoms with Gasteiger partial charge in [0.05, 0.1) is 17.4 Å². The lowest BCUT2D eigenvalue weighted by Gasteiger charge is -2.15.